The Bertz CT molecular complexity index is 993. The summed E-state index contributed by atoms with van der Waals surface area (Å²) in [6, 6.07) is 12.5. The molecule has 11 heteroatoms. The number of likely N-dealkylation sites (tertiary alicyclic amines) is 1. The molecule has 0 spiro atoms. The molecule has 2 aromatic carbocycles. The van der Waals surface area contributed by atoms with Gasteiger partial charge in [0.1, 0.15) is 0 Å². The maximum Gasteiger partial charge on any atom is 0.244 e. The molecule has 11 nitrogen and oxygen atoms in total. The van der Waals surface area contributed by atoms with Gasteiger partial charge >= 0.3 is 0 Å². The van der Waals surface area contributed by atoms with Crippen molar-refractivity contribution < 1.29 is 30.5 Å². The van der Waals surface area contributed by atoms with E-state index in [-0.39, 0.29) is 23.2 Å². The first-order valence-electron chi connectivity index (χ1n) is 9.32. The minimum Gasteiger partial charge on any atom is -0.595 e. The number of quaternary nitrogens is 2. The summed E-state index contributed by atoms with van der Waals surface area (Å²) >= 11 is 0. The average molecular weight is 415 g/mol. The third-order valence-electron chi connectivity index (χ3n) is 5.06. The van der Waals surface area contributed by atoms with Crippen molar-refractivity contribution in [1.82, 2.24) is 15.0 Å². The number of aliphatic hydroxyl groups excluding tert-OH is 1. The Kier molecular flexibility index (Phi) is 5.85. The van der Waals surface area contributed by atoms with Gasteiger partial charge in [-0.05, 0) is 12.0 Å². The van der Waals surface area contributed by atoms with E-state index in [9.17, 15) is 15.5 Å². The molecule has 5 N–H and O–H groups in total. The van der Waals surface area contributed by atoms with Crippen molar-refractivity contribution in [3.05, 3.63) is 70.4 Å². The highest BCUT2D eigenvalue weighted by Crippen LogP contribution is 2.33. The summed E-state index contributed by atoms with van der Waals surface area (Å²) in [6.07, 6.45) is -0.136. The van der Waals surface area contributed by atoms with Crippen LogP contribution in [0.2, 0.25) is 0 Å². The number of hydrogen-bond donors (Lipinski definition) is 5. The Morgan fingerprint density at radius 2 is 1.80 bits per heavy atom. The Hall–Kier alpha value is -2.74. The van der Waals surface area contributed by atoms with Crippen LogP contribution in [0.3, 0.4) is 0 Å². The Morgan fingerprint density at radius 3 is 2.50 bits per heavy atom. The summed E-state index contributed by atoms with van der Waals surface area (Å²) in [4.78, 5) is 6.42. The molecule has 0 amide bonds. The lowest BCUT2D eigenvalue weighted by molar-refractivity contribution is -0.991. The fourth-order valence-corrected chi connectivity index (χ4v) is 3.58. The van der Waals surface area contributed by atoms with E-state index < -0.39 is 16.6 Å². The number of rotatable bonds is 6. The van der Waals surface area contributed by atoms with E-state index in [2.05, 4.69) is 10.1 Å². The summed E-state index contributed by atoms with van der Waals surface area (Å²) in [7, 11) is 0. The summed E-state index contributed by atoms with van der Waals surface area (Å²) in [6.45, 7) is 0.894. The maximum atomic E-state index is 11.2. The average Bonchev–Trinajstić information content (AvgIpc) is 3.35. The number of benzene rings is 2. The molecule has 1 aromatic heterocycles. The quantitative estimate of drug-likeness (QED) is 0.345. The van der Waals surface area contributed by atoms with E-state index >= 15 is 0 Å². The van der Waals surface area contributed by atoms with E-state index in [0.717, 1.165) is 5.56 Å². The van der Waals surface area contributed by atoms with E-state index in [0.29, 0.717) is 31.0 Å². The molecule has 1 fully saturated rings. The lowest BCUT2D eigenvalue weighted by Gasteiger charge is -2.21. The second-order valence-electron chi connectivity index (χ2n) is 7.18. The molecule has 0 aliphatic carbocycles. The zero-order valence-electron chi connectivity index (χ0n) is 15.8. The Balaban J connectivity index is 1.53. The Morgan fingerprint density at radius 1 is 1.07 bits per heavy atom. The molecule has 0 radical (unpaired) electrons. The number of aliphatic hydroxyl groups is 1. The van der Waals surface area contributed by atoms with Gasteiger partial charge in [0.05, 0.1) is 12.1 Å². The first-order valence-corrected chi connectivity index (χ1v) is 9.32. The van der Waals surface area contributed by atoms with E-state index in [1.165, 1.54) is 12.1 Å². The number of nitrogens with one attached hydrogen (secondary N) is 2. The predicted molar refractivity (Wildman–Crippen MR) is 102 cm³/mol. The molecule has 0 saturated carbocycles. The van der Waals surface area contributed by atoms with Gasteiger partial charge in [0, 0.05) is 42.9 Å². The Labute approximate surface area is 171 Å². The van der Waals surface area contributed by atoms with Gasteiger partial charge in [-0.25, -0.2) is 10.4 Å². The lowest BCUT2D eigenvalue weighted by atomic mass is 10.1. The molecule has 4 rings (SSSR count). The van der Waals surface area contributed by atoms with Crippen LogP contribution in [0.15, 0.2) is 53.1 Å². The van der Waals surface area contributed by atoms with Crippen molar-refractivity contribution in [2.75, 3.05) is 6.54 Å². The van der Waals surface area contributed by atoms with Crippen LogP contribution in [-0.2, 0) is 6.54 Å². The second kappa shape index (κ2) is 8.55. The van der Waals surface area contributed by atoms with Crippen LogP contribution in [-0.4, -0.2) is 43.2 Å². The summed E-state index contributed by atoms with van der Waals surface area (Å²) in [5.74, 6) is 0.615. The summed E-state index contributed by atoms with van der Waals surface area (Å²) < 4.78 is 5.43. The van der Waals surface area contributed by atoms with Gasteiger partial charge in [-0.3, -0.25) is 4.90 Å². The van der Waals surface area contributed by atoms with Crippen LogP contribution < -0.4 is 10.5 Å². The zero-order valence-corrected chi connectivity index (χ0v) is 15.8. The SMILES string of the molecule is [O-][NH+](O)c1ccc(CN2C[C@H](O)C[C@@H]2c2nc(-c3cccc([NH+]([O-])O)c3)no2)cc1. The van der Waals surface area contributed by atoms with Crippen LogP contribution in [0.25, 0.3) is 11.4 Å². The largest absolute Gasteiger partial charge is 0.595 e. The van der Waals surface area contributed by atoms with Crippen molar-refractivity contribution in [2.24, 2.45) is 0 Å². The van der Waals surface area contributed by atoms with Gasteiger partial charge in [-0.15, -0.1) is 0 Å². The molecule has 30 heavy (non-hydrogen) atoms. The topological polar surface area (TPSA) is 158 Å². The smallest absolute Gasteiger partial charge is 0.244 e. The fourth-order valence-electron chi connectivity index (χ4n) is 3.58. The van der Waals surface area contributed by atoms with Crippen molar-refractivity contribution in [2.45, 2.75) is 25.1 Å². The van der Waals surface area contributed by atoms with Crippen LogP contribution in [0, 0.1) is 10.4 Å². The highest BCUT2D eigenvalue weighted by Gasteiger charge is 2.36. The van der Waals surface area contributed by atoms with Crippen LogP contribution in [0.5, 0.6) is 0 Å². The molecule has 1 aliphatic heterocycles. The van der Waals surface area contributed by atoms with Crippen molar-refractivity contribution >= 4 is 11.4 Å². The molecular formula is C19H21N5O6. The third-order valence-corrected chi connectivity index (χ3v) is 5.06. The van der Waals surface area contributed by atoms with Gasteiger partial charge in [0.15, 0.2) is 11.4 Å². The monoisotopic (exact) mass is 415 g/mol. The molecule has 158 valence electrons. The van der Waals surface area contributed by atoms with Gasteiger partial charge in [0.2, 0.25) is 11.7 Å². The maximum absolute atomic E-state index is 11.2. The molecular weight excluding hydrogens is 394 g/mol. The van der Waals surface area contributed by atoms with Crippen LogP contribution in [0.4, 0.5) is 11.4 Å². The molecule has 2 heterocycles. The first-order chi connectivity index (χ1) is 14.4. The highest BCUT2D eigenvalue weighted by molar-refractivity contribution is 5.58. The standard InChI is InChI=1S/C19H21N5O6/c25-16-9-17(22(11-16)10-12-4-6-14(7-5-12)23(26)27)19-20-18(21-30-19)13-2-1-3-15(8-13)24(28)29/h1-8,16-17,23-26,28H,9-11H2/t16-,17-/m1/s1. The zero-order chi connectivity index (χ0) is 21.3. The number of β-amino-alcohol motifs (C(OH)–C–C–N with tert-alkyl or cyclic N) is 1. The minimum atomic E-state index is -1.04. The van der Waals surface area contributed by atoms with Crippen molar-refractivity contribution in [1.29, 1.82) is 0 Å². The van der Waals surface area contributed by atoms with Crippen molar-refractivity contribution in [3.8, 4) is 11.4 Å². The van der Waals surface area contributed by atoms with E-state index in [1.807, 2.05) is 4.90 Å². The number of aromatic nitrogens is 2. The van der Waals surface area contributed by atoms with Crippen LogP contribution >= 0.6 is 0 Å². The molecule has 3 aromatic rings. The summed E-state index contributed by atoms with van der Waals surface area (Å²) in [5, 5.41) is 52.5. The molecule has 2 unspecified atom stereocenters. The van der Waals surface area contributed by atoms with E-state index in [4.69, 9.17) is 14.9 Å². The van der Waals surface area contributed by atoms with Gasteiger partial charge in [0.25, 0.3) is 0 Å². The molecule has 0 bridgehead atoms. The normalized spacial score (nSPS) is 21.6. The predicted octanol–water partition coefficient (Wildman–Crippen LogP) is -0.149. The molecule has 1 saturated heterocycles. The number of hydrogen-bond acceptors (Lipinski definition) is 9. The minimum absolute atomic E-state index is 0.126. The molecule has 4 atom stereocenters. The van der Waals surface area contributed by atoms with Crippen LogP contribution in [0.1, 0.15) is 23.9 Å². The number of nitrogens with zero attached hydrogens (tertiary/aromatic N) is 3. The lowest BCUT2D eigenvalue weighted by Crippen LogP contribution is -2.99. The van der Waals surface area contributed by atoms with Crippen molar-refractivity contribution in [3.63, 3.8) is 0 Å². The molecule has 1 aliphatic rings. The second-order valence-corrected chi connectivity index (χ2v) is 7.18. The third kappa shape index (κ3) is 4.38. The highest BCUT2D eigenvalue weighted by atomic mass is 16.8. The van der Waals surface area contributed by atoms with Gasteiger partial charge in [-0.1, -0.05) is 29.4 Å². The van der Waals surface area contributed by atoms with E-state index in [1.54, 1.807) is 36.4 Å². The summed E-state index contributed by atoms with van der Waals surface area (Å²) in [5.41, 5.74) is 1.76. The van der Waals surface area contributed by atoms with Gasteiger partial charge in [-0.2, -0.15) is 15.4 Å². The van der Waals surface area contributed by atoms with Gasteiger partial charge < -0.3 is 20.0 Å². The first kappa shape index (κ1) is 20.5. The fraction of sp³-hybridized carbons (Fsp3) is 0.263.